The zero-order valence-corrected chi connectivity index (χ0v) is 22.4. The van der Waals surface area contributed by atoms with E-state index in [-0.39, 0.29) is 11.5 Å². The maximum Gasteiger partial charge on any atom is 0.146 e. The highest BCUT2D eigenvalue weighted by Gasteiger charge is 2.41. The Labute approximate surface area is 211 Å². The van der Waals surface area contributed by atoms with E-state index in [0.717, 1.165) is 37.3 Å². The molecule has 6 nitrogen and oxygen atoms in total. The maximum atomic E-state index is 12.8. The van der Waals surface area contributed by atoms with Crippen LogP contribution in [0.2, 0.25) is 0 Å². The molecule has 35 heavy (non-hydrogen) atoms. The molecule has 4 rings (SSSR count). The van der Waals surface area contributed by atoms with Gasteiger partial charge in [-0.1, -0.05) is 26.8 Å². The number of allylic oxidation sites excluding steroid dienone is 2. The first-order valence-corrected chi connectivity index (χ1v) is 13.4. The normalized spacial score (nSPS) is 25.2. The van der Waals surface area contributed by atoms with Gasteiger partial charge in [-0.2, -0.15) is 0 Å². The molecule has 194 valence electrons. The summed E-state index contributed by atoms with van der Waals surface area (Å²) in [6, 6.07) is 5.26. The lowest BCUT2D eigenvalue weighted by Crippen LogP contribution is -2.46. The molecule has 3 N–H and O–H groups in total. The van der Waals surface area contributed by atoms with Crippen molar-refractivity contribution in [3.8, 4) is 11.5 Å². The predicted octanol–water partition coefficient (Wildman–Crippen LogP) is 4.59. The van der Waals surface area contributed by atoms with Crippen molar-refractivity contribution < 1.29 is 14.3 Å². The van der Waals surface area contributed by atoms with E-state index in [1.807, 2.05) is 6.07 Å². The number of fused-ring (bicyclic) bond motifs is 3. The lowest BCUT2D eigenvalue weighted by Gasteiger charge is -2.39. The quantitative estimate of drug-likeness (QED) is 0.535. The Kier molecular flexibility index (Phi) is 8.12. The molecule has 0 amide bonds. The third-order valence-corrected chi connectivity index (χ3v) is 8.49. The summed E-state index contributed by atoms with van der Waals surface area (Å²) in [5, 5.41) is 3.69. The molecule has 0 radical (unpaired) electrons. The van der Waals surface area contributed by atoms with E-state index in [0.29, 0.717) is 36.8 Å². The van der Waals surface area contributed by atoms with Crippen LogP contribution in [0.1, 0.15) is 76.8 Å². The fourth-order valence-corrected chi connectivity index (χ4v) is 6.18. The van der Waals surface area contributed by atoms with Gasteiger partial charge in [0.15, 0.2) is 0 Å². The molecule has 2 saturated heterocycles. The van der Waals surface area contributed by atoms with Crippen LogP contribution in [-0.4, -0.2) is 49.6 Å². The Hall–Kier alpha value is -2.05. The van der Waals surface area contributed by atoms with Crippen LogP contribution in [0.15, 0.2) is 23.9 Å². The summed E-state index contributed by atoms with van der Waals surface area (Å²) < 4.78 is 11.1. The molecule has 3 aliphatic rings. The summed E-state index contributed by atoms with van der Waals surface area (Å²) >= 11 is 0. The highest BCUT2D eigenvalue weighted by Crippen LogP contribution is 2.41. The molecule has 3 heterocycles. The summed E-state index contributed by atoms with van der Waals surface area (Å²) in [6.07, 6.45) is 10.5. The number of benzene rings is 1. The molecule has 6 heteroatoms. The van der Waals surface area contributed by atoms with Crippen LogP contribution in [0.3, 0.4) is 0 Å². The van der Waals surface area contributed by atoms with Crippen molar-refractivity contribution in [2.24, 2.45) is 17.1 Å². The smallest absolute Gasteiger partial charge is 0.146 e. The monoisotopic (exact) mass is 483 g/mol. The molecule has 1 aromatic carbocycles. The summed E-state index contributed by atoms with van der Waals surface area (Å²) in [6.45, 7) is 7.86. The van der Waals surface area contributed by atoms with Gasteiger partial charge < -0.3 is 20.5 Å². The largest absolute Gasteiger partial charge is 0.497 e. The second-order valence-electron chi connectivity index (χ2n) is 11.9. The minimum absolute atomic E-state index is 0.0525. The zero-order chi connectivity index (χ0) is 25.2. The Morgan fingerprint density at radius 3 is 2.51 bits per heavy atom. The van der Waals surface area contributed by atoms with Crippen LogP contribution in [0.4, 0.5) is 0 Å². The van der Waals surface area contributed by atoms with Gasteiger partial charge in [0.05, 0.1) is 20.8 Å². The summed E-state index contributed by atoms with van der Waals surface area (Å²) in [7, 11) is 3.43. The number of nitrogens with two attached hydrogens (primary N) is 1. The van der Waals surface area contributed by atoms with Gasteiger partial charge in [-0.05, 0) is 67.9 Å². The molecule has 2 bridgehead atoms. The molecule has 0 spiro atoms. The average molecular weight is 484 g/mol. The first kappa shape index (κ1) is 26.0. The van der Waals surface area contributed by atoms with Crippen molar-refractivity contribution in [2.45, 2.75) is 96.8 Å². The van der Waals surface area contributed by atoms with E-state index in [4.69, 9.17) is 15.2 Å². The molecule has 1 unspecified atom stereocenters. The number of ketones is 1. The van der Waals surface area contributed by atoms with Crippen molar-refractivity contribution in [3.05, 3.63) is 35.0 Å². The van der Waals surface area contributed by atoms with Gasteiger partial charge in [0.2, 0.25) is 0 Å². The summed E-state index contributed by atoms with van der Waals surface area (Å²) in [5.41, 5.74) is 10.2. The predicted molar refractivity (Wildman–Crippen MR) is 141 cm³/mol. The number of Topliss-reactive ketones (excluding diaryl/α,β-unsaturated/α-hetero) is 1. The van der Waals surface area contributed by atoms with Crippen LogP contribution in [0.25, 0.3) is 0 Å². The molecule has 0 aromatic heterocycles. The van der Waals surface area contributed by atoms with Crippen LogP contribution >= 0.6 is 0 Å². The van der Waals surface area contributed by atoms with Crippen LogP contribution in [-0.2, 0) is 17.8 Å². The highest BCUT2D eigenvalue weighted by molar-refractivity contribution is 5.80. The van der Waals surface area contributed by atoms with Crippen LogP contribution in [0.5, 0.6) is 11.5 Å². The molecule has 2 fully saturated rings. The average Bonchev–Trinajstić information content (AvgIpc) is 2.98. The van der Waals surface area contributed by atoms with Gasteiger partial charge in [0.25, 0.3) is 0 Å². The molecular formula is C29H45N3O3. The lowest BCUT2D eigenvalue weighted by molar-refractivity contribution is -0.121. The first-order chi connectivity index (χ1) is 16.7. The van der Waals surface area contributed by atoms with Gasteiger partial charge in [-0.25, -0.2) is 0 Å². The minimum Gasteiger partial charge on any atom is -0.497 e. The van der Waals surface area contributed by atoms with E-state index < -0.39 is 0 Å². The van der Waals surface area contributed by atoms with Gasteiger partial charge in [-0.15, -0.1) is 0 Å². The number of carbonyl (C=O) groups is 1. The number of hydrogen-bond donors (Lipinski definition) is 2. The van der Waals surface area contributed by atoms with Gasteiger partial charge in [0, 0.05) is 48.4 Å². The van der Waals surface area contributed by atoms with Crippen molar-refractivity contribution in [1.82, 2.24) is 10.2 Å². The number of rotatable bonds is 9. The Balaban J connectivity index is 1.31. The van der Waals surface area contributed by atoms with E-state index in [9.17, 15) is 4.79 Å². The van der Waals surface area contributed by atoms with Crippen molar-refractivity contribution >= 4 is 5.78 Å². The lowest BCUT2D eigenvalue weighted by atomic mass is 9.84. The van der Waals surface area contributed by atoms with Gasteiger partial charge >= 0.3 is 0 Å². The van der Waals surface area contributed by atoms with E-state index >= 15 is 0 Å². The number of nitrogens with one attached hydrogen (secondary N) is 1. The topological polar surface area (TPSA) is 76.8 Å². The van der Waals surface area contributed by atoms with Crippen LogP contribution in [0, 0.1) is 11.3 Å². The van der Waals surface area contributed by atoms with Crippen molar-refractivity contribution in [2.75, 3.05) is 20.8 Å². The molecular weight excluding hydrogens is 438 g/mol. The van der Waals surface area contributed by atoms with Crippen molar-refractivity contribution in [3.63, 3.8) is 0 Å². The SMILES string of the molecule is COc1cc2c(c(OC)c1)CC=C(CC1C[C@H]3CC[C@@H](C1)N3CC(=O)CC[C@@H](N)C(C)(C)C)NC2. The summed E-state index contributed by atoms with van der Waals surface area (Å²) in [5.74, 6) is 2.77. The second kappa shape index (κ2) is 10.9. The molecule has 3 aliphatic heterocycles. The van der Waals surface area contributed by atoms with Gasteiger partial charge in [-0.3, -0.25) is 9.69 Å². The second-order valence-corrected chi connectivity index (χ2v) is 11.9. The van der Waals surface area contributed by atoms with Gasteiger partial charge in [0.1, 0.15) is 17.3 Å². The number of nitrogens with zero attached hydrogens (tertiary/aromatic N) is 1. The third-order valence-electron chi connectivity index (χ3n) is 8.49. The fourth-order valence-electron chi connectivity index (χ4n) is 6.18. The number of methoxy groups -OCH3 is 2. The summed E-state index contributed by atoms with van der Waals surface area (Å²) in [4.78, 5) is 15.3. The minimum atomic E-state index is 0.0525. The van der Waals surface area contributed by atoms with E-state index in [1.54, 1.807) is 14.2 Å². The maximum absolute atomic E-state index is 12.8. The highest BCUT2D eigenvalue weighted by atomic mass is 16.5. The Morgan fingerprint density at radius 1 is 1.17 bits per heavy atom. The molecule has 0 saturated carbocycles. The Morgan fingerprint density at radius 2 is 1.89 bits per heavy atom. The Bertz CT molecular complexity index is 922. The number of hydrogen-bond acceptors (Lipinski definition) is 6. The zero-order valence-electron chi connectivity index (χ0n) is 22.4. The third kappa shape index (κ3) is 6.21. The van der Waals surface area contributed by atoms with Crippen molar-refractivity contribution in [1.29, 1.82) is 0 Å². The molecule has 0 aliphatic carbocycles. The number of carbonyl (C=O) groups excluding carboxylic acids is 1. The fraction of sp³-hybridized carbons (Fsp3) is 0.690. The number of piperidine rings is 1. The van der Waals surface area contributed by atoms with Crippen LogP contribution < -0.4 is 20.5 Å². The molecule has 4 atom stereocenters. The first-order valence-electron chi connectivity index (χ1n) is 13.4. The number of ether oxygens (including phenoxy) is 2. The van der Waals surface area contributed by atoms with E-state index in [2.05, 4.69) is 43.1 Å². The van der Waals surface area contributed by atoms with E-state index in [1.165, 1.54) is 42.5 Å². The molecule has 1 aromatic rings. The standard InChI is InChI=1S/C29H45N3O3/c1-29(2,3)28(30)11-9-24(33)18-32-22-7-8-23(32)14-19(13-22)12-21-6-10-26-20(17-31-21)15-25(34-4)16-27(26)35-5/h6,15-16,19,22-23,28,31H,7-14,17-18,30H2,1-5H3/t19?,22-,23+,28-/m1/s1.